The van der Waals surface area contributed by atoms with Gasteiger partial charge in [0.25, 0.3) is 0 Å². The normalized spacial score (nSPS) is 25.6. The minimum atomic E-state index is -0.716. The highest BCUT2D eigenvalue weighted by atomic mass is 32.2. The maximum Gasteiger partial charge on any atom is 0.307 e. The number of hydrogen-bond acceptors (Lipinski definition) is 4. The summed E-state index contributed by atoms with van der Waals surface area (Å²) < 4.78 is 0. The first-order chi connectivity index (χ1) is 7.72. The monoisotopic (exact) mass is 241 g/mol. The lowest BCUT2D eigenvalue weighted by Crippen LogP contribution is -2.26. The SMILES string of the molecule is CSc1n[nH]c(C2CCCCC2C(=O)O)n1. The molecular weight excluding hydrogens is 226 g/mol. The highest BCUT2D eigenvalue weighted by molar-refractivity contribution is 7.98. The maximum absolute atomic E-state index is 11.1. The fraction of sp³-hybridized carbons (Fsp3) is 0.700. The second-order valence-corrected chi connectivity index (χ2v) is 4.82. The first-order valence-corrected chi connectivity index (χ1v) is 6.64. The van der Waals surface area contributed by atoms with Gasteiger partial charge in [0.1, 0.15) is 5.82 Å². The number of aromatic nitrogens is 3. The molecule has 1 aliphatic rings. The Morgan fingerprint density at radius 3 is 2.88 bits per heavy atom. The molecule has 1 fully saturated rings. The van der Waals surface area contributed by atoms with Gasteiger partial charge in [-0.3, -0.25) is 9.89 Å². The Morgan fingerprint density at radius 1 is 1.50 bits per heavy atom. The zero-order chi connectivity index (χ0) is 11.5. The first-order valence-electron chi connectivity index (χ1n) is 5.41. The third-order valence-electron chi connectivity index (χ3n) is 3.10. The van der Waals surface area contributed by atoms with Crippen LogP contribution in [-0.4, -0.2) is 32.5 Å². The van der Waals surface area contributed by atoms with Crippen LogP contribution in [0, 0.1) is 5.92 Å². The molecule has 1 aliphatic carbocycles. The molecule has 1 saturated carbocycles. The van der Waals surface area contributed by atoms with Crippen LogP contribution in [0.5, 0.6) is 0 Å². The summed E-state index contributed by atoms with van der Waals surface area (Å²) in [5.41, 5.74) is 0. The molecular formula is C10H15N3O2S. The molecule has 1 aromatic rings. The molecule has 2 N–H and O–H groups in total. The summed E-state index contributed by atoms with van der Waals surface area (Å²) in [4.78, 5) is 15.5. The van der Waals surface area contributed by atoms with Crippen LogP contribution in [0.3, 0.4) is 0 Å². The van der Waals surface area contributed by atoms with Gasteiger partial charge in [0.05, 0.1) is 5.92 Å². The third-order valence-corrected chi connectivity index (χ3v) is 3.65. The molecule has 2 atom stereocenters. The summed E-state index contributed by atoms with van der Waals surface area (Å²) in [6, 6.07) is 0. The van der Waals surface area contributed by atoms with Gasteiger partial charge in [-0.1, -0.05) is 24.6 Å². The summed E-state index contributed by atoms with van der Waals surface area (Å²) in [5.74, 6) is -0.292. The minimum Gasteiger partial charge on any atom is -0.481 e. The molecule has 0 aliphatic heterocycles. The van der Waals surface area contributed by atoms with Crippen molar-refractivity contribution in [2.75, 3.05) is 6.26 Å². The Balaban J connectivity index is 2.19. The molecule has 0 saturated heterocycles. The molecule has 0 amide bonds. The highest BCUT2D eigenvalue weighted by Gasteiger charge is 2.33. The number of H-pyrrole nitrogens is 1. The summed E-state index contributed by atoms with van der Waals surface area (Å²) in [5, 5.41) is 16.8. The van der Waals surface area contributed by atoms with Gasteiger partial charge in [-0.2, -0.15) is 0 Å². The molecule has 2 unspecified atom stereocenters. The average molecular weight is 241 g/mol. The van der Waals surface area contributed by atoms with Crippen molar-refractivity contribution in [3.8, 4) is 0 Å². The molecule has 0 radical (unpaired) electrons. The predicted octanol–water partition coefficient (Wildman–Crippen LogP) is 1.89. The number of aromatic amines is 1. The summed E-state index contributed by atoms with van der Waals surface area (Å²) in [6.45, 7) is 0. The van der Waals surface area contributed by atoms with E-state index in [9.17, 15) is 4.79 Å². The van der Waals surface area contributed by atoms with E-state index in [-0.39, 0.29) is 11.8 Å². The van der Waals surface area contributed by atoms with E-state index >= 15 is 0 Å². The Hall–Kier alpha value is -1.04. The van der Waals surface area contributed by atoms with Crippen LogP contribution >= 0.6 is 11.8 Å². The standard InChI is InChI=1S/C10H15N3O2S/c1-16-10-11-8(12-13-10)6-4-2-3-5-7(6)9(14)15/h6-7H,2-5H2,1H3,(H,14,15)(H,11,12,13). The van der Waals surface area contributed by atoms with E-state index in [0.29, 0.717) is 5.16 Å². The van der Waals surface area contributed by atoms with Gasteiger partial charge < -0.3 is 5.11 Å². The maximum atomic E-state index is 11.1. The molecule has 0 bridgehead atoms. The number of nitrogens with zero attached hydrogens (tertiary/aromatic N) is 2. The average Bonchev–Trinajstić information content (AvgIpc) is 2.77. The van der Waals surface area contributed by atoms with E-state index in [2.05, 4.69) is 15.2 Å². The second kappa shape index (κ2) is 4.86. The lowest BCUT2D eigenvalue weighted by molar-refractivity contribution is -0.143. The largest absolute Gasteiger partial charge is 0.481 e. The van der Waals surface area contributed by atoms with E-state index in [4.69, 9.17) is 5.11 Å². The van der Waals surface area contributed by atoms with E-state index in [1.807, 2.05) is 6.26 Å². The lowest BCUT2D eigenvalue weighted by atomic mass is 9.79. The van der Waals surface area contributed by atoms with Crippen molar-refractivity contribution in [3.63, 3.8) is 0 Å². The van der Waals surface area contributed by atoms with Gasteiger partial charge in [-0.25, -0.2) is 4.98 Å². The number of aliphatic carboxylic acids is 1. The molecule has 16 heavy (non-hydrogen) atoms. The molecule has 0 spiro atoms. The molecule has 5 nitrogen and oxygen atoms in total. The zero-order valence-electron chi connectivity index (χ0n) is 9.14. The van der Waals surface area contributed by atoms with Crippen molar-refractivity contribution in [2.45, 2.75) is 36.8 Å². The van der Waals surface area contributed by atoms with Gasteiger partial charge in [-0.15, -0.1) is 5.10 Å². The summed E-state index contributed by atoms with van der Waals surface area (Å²) in [6.07, 6.45) is 5.61. The van der Waals surface area contributed by atoms with Crippen molar-refractivity contribution in [1.82, 2.24) is 15.2 Å². The molecule has 88 valence electrons. The van der Waals surface area contributed by atoms with Crippen LogP contribution in [0.4, 0.5) is 0 Å². The van der Waals surface area contributed by atoms with Gasteiger partial charge in [-0.05, 0) is 19.1 Å². The van der Waals surface area contributed by atoms with Crippen molar-refractivity contribution in [3.05, 3.63) is 5.82 Å². The quantitative estimate of drug-likeness (QED) is 0.790. The second-order valence-electron chi connectivity index (χ2n) is 4.04. The van der Waals surface area contributed by atoms with Gasteiger partial charge in [0.2, 0.25) is 5.16 Å². The number of carboxylic acids is 1. The van der Waals surface area contributed by atoms with Crippen LogP contribution in [-0.2, 0) is 4.79 Å². The van der Waals surface area contributed by atoms with Crippen LogP contribution in [0.2, 0.25) is 0 Å². The Bertz CT molecular complexity index is 380. The van der Waals surface area contributed by atoms with E-state index in [1.54, 1.807) is 0 Å². The molecule has 6 heteroatoms. The summed E-state index contributed by atoms with van der Waals surface area (Å²) >= 11 is 1.46. The molecule has 1 heterocycles. The van der Waals surface area contributed by atoms with E-state index in [1.165, 1.54) is 11.8 Å². The molecule has 0 aromatic carbocycles. The van der Waals surface area contributed by atoms with Gasteiger partial charge in [0.15, 0.2) is 0 Å². The van der Waals surface area contributed by atoms with Crippen LogP contribution in [0.15, 0.2) is 5.16 Å². The zero-order valence-corrected chi connectivity index (χ0v) is 9.96. The van der Waals surface area contributed by atoms with Crippen molar-refractivity contribution >= 4 is 17.7 Å². The number of thioether (sulfide) groups is 1. The Labute approximate surface area is 98.0 Å². The van der Waals surface area contributed by atoms with Crippen molar-refractivity contribution < 1.29 is 9.90 Å². The predicted molar refractivity (Wildman–Crippen MR) is 60.5 cm³/mol. The first kappa shape index (κ1) is 11.4. The molecule has 2 rings (SSSR count). The smallest absolute Gasteiger partial charge is 0.307 e. The third kappa shape index (κ3) is 2.21. The van der Waals surface area contributed by atoms with Crippen LogP contribution in [0.25, 0.3) is 0 Å². The van der Waals surface area contributed by atoms with E-state index < -0.39 is 5.97 Å². The molecule has 1 aromatic heterocycles. The van der Waals surface area contributed by atoms with Gasteiger partial charge in [0, 0.05) is 5.92 Å². The Morgan fingerprint density at radius 2 is 2.25 bits per heavy atom. The summed E-state index contributed by atoms with van der Waals surface area (Å²) in [7, 11) is 0. The number of hydrogen-bond donors (Lipinski definition) is 2. The van der Waals surface area contributed by atoms with Crippen LogP contribution in [0.1, 0.15) is 37.4 Å². The minimum absolute atomic E-state index is 0.000324. The number of carboxylic acid groups (broad SMARTS) is 1. The number of nitrogens with one attached hydrogen (secondary N) is 1. The Kier molecular flexibility index (Phi) is 3.48. The topological polar surface area (TPSA) is 78.9 Å². The fourth-order valence-electron chi connectivity index (χ4n) is 2.27. The van der Waals surface area contributed by atoms with Gasteiger partial charge >= 0.3 is 5.97 Å². The van der Waals surface area contributed by atoms with E-state index in [0.717, 1.165) is 31.5 Å². The van der Waals surface area contributed by atoms with Crippen LogP contribution < -0.4 is 0 Å². The van der Waals surface area contributed by atoms with Crippen molar-refractivity contribution in [2.24, 2.45) is 5.92 Å². The lowest BCUT2D eigenvalue weighted by Gasteiger charge is -2.26. The highest BCUT2D eigenvalue weighted by Crippen LogP contribution is 2.36. The number of rotatable bonds is 3. The van der Waals surface area contributed by atoms with Crippen molar-refractivity contribution in [1.29, 1.82) is 0 Å². The fourth-order valence-corrected chi connectivity index (χ4v) is 2.60. The number of carbonyl (C=O) groups is 1.